The number of rotatable bonds is 5. The Bertz CT molecular complexity index is 537. The lowest BCUT2D eigenvalue weighted by molar-refractivity contribution is 0.288. The van der Waals surface area contributed by atoms with E-state index in [0.717, 1.165) is 36.3 Å². The van der Waals surface area contributed by atoms with Crippen LogP contribution in [-0.4, -0.2) is 21.7 Å². The summed E-state index contributed by atoms with van der Waals surface area (Å²) < 4.78 is 0. The van der Waals surface area contributed by atoms with E-state index in [9.17, 15) is 0 Å². The zero-order valence-corrected chi connectivity index (χ0v) is 10.1. The van der Waals surface area contributed by atoms with E-state index >= 15 is 0 Å². The highest BCUT2D eigenvalue weighted by Crippen LogP contribution is 2.09. The van der Waals surface area contributed by atoms with Crippen molar-refractivity contribution >= 4 is 0 Å². The molecule has 0 bridgehead atoms. The molecule has 0 aliphatic carbocycles. The lowest BCUT2D eigenvalue weighted by Crippen LogP contribution is -1.93. The van der Waals surface area contributed by atoms with Crippen molar-refractivity contribution in [3.05, 3.63) is 53.1 Å². The van der Waals surface area contributed by atoms with Gasteiger partial charge in [0.15, 0.2) is 0 Å². The van der Waals surface area contributed by atoms with Gasteiger partial charge >= 0.3 is 0 Å². The van der Waals surface area contributed by atoms with E-state index in [0.29, 0.717) is 5.56 Å². The van der Waals surface area contributed by atoms with Gasteiger partial charge in [-0.05, 0) is 30.5 Å². The van der Waals surface area contributed by atoms with Gasteiger partial charge in [-0.1, -0.05) is 12.1 Å². The molecule has 1 aromatic heterocycles. The molecule has 0 fully saturated rings. The summed E-state index contributed by atoms with van der Waals surface area (Å²) in [6.45, 7) is 0.198. The van der Waals surface area contributed by atoms with E-state index in [2.05, 4.69) is 16.0 Å². The quantitative estimate of drug-likeness (QED) is 0.838. The molecule has 0 spiro atoms. The average Bonchev–Trinajstić information content (AvgIpc) is 2.85. The number of benzene rings is 1. The third-order valence-electron chi connectivity index (χ3n) is 2.74. The summed E-state index contributed by atoms with van der Waals surface area (Å²) in [5.74, 6) is 0.910. The number of aryl methyl sites for hydroxylation is 1. The maximum atomic E-state index is 8.76. The number of hydrogen-bond acceptors (Lipinski definition) is 3. The maximum Gasteiger partial charge on any atom is 0.110 e. The third-order valence-corrected chi connectivity index (χ3v) is 2.74. The molecule has 1 aromatic carbocycles. The van der Waals surface area contributed by atoms with Gasteiger partial charge in [0.2, 0.25) is 0 Å². The highest BCUT2D eigenvalue weighted by Gasteiger charge is 2.02. The van der Waals surface area contributed by atoms with Crippen LogP contribution in [0.25, 0.3) is 0 Å². The molecule has 0 amide bonds. The lowest BCUT2D eigenvalue weighted by atomic mass is 10.1. The smallest absolute Gasteiger partial charge is 0.110 e. The monoisotopic (exact) mass is 241 g/mol. The zero-order chi connectivity index (χ0) is 12.8. The SMILES string of the molecule is N#Cc1ccc(Cc2ncc(CCCO)[nH]2)cc1. The van der Waals surface area contributed by atoms with Crippen molar-refractivity contribution in [1.82, 2.24) is 9.97 Å². The molecule has 18 heavy (non-hydrogen) atoms. The van der Waals surface area contributed by atoms with Gasteiger partial charge in [-0.3, -0.25) is 0 Å². The van der Waals surface area contributed by atoms with Gasteiger partial charge in [0, 0.05) is 24.9 Å². The Morgan fingerprint density at radius 1 is 1.28 bits per heavy atom. The Kier molecular flexibility index (Phi) is 4.11. The molecule has 2 aromatic rings. The molecule has 4 heteroatoms. The Labute approximate surface area is 106 Å². The van der Waals surface area contributed by atoms with Crippen LogP contribution in [-0.2, 0) is 12.8 Å². The largest absolute Gasteiger partial charge is 0.396 e. The second-order valence-electron chi connectivity index (χ2n) is 4.17. The number of aromatic nitrogens is 2. The van der Waals surface area contributed by atoms with Gasteiger partial charge < -0.3 is 10.1 Å². The van der Waals surface area contributed by atoms with E-state index in [4.69, 9.17) is 10.4 Å². The number of aliphatic hydroxyl groups is 1. The molecule has 0 aliphatic heterocycles. The minimum Gasteiger partial charge on any atom is -0.396 e. The van der Waals surface area contributed by atoms with Crippen LogP contribution in [0, 0.1) is 11.3 Å². The second kappa shape index (κ2) is 5.99. The van der Waals surface area contributed by atoms with Gasteiger partial charge in [0.1, 0.15) is 5.82 Å². The van der Waals surface area contributed by atoms with Crippen LogP contribution < -0.4 is 0 Å². The van der Waals surface area contributed by atoms with Crippen molar-refractivity contribution in [3.8, 4) is 6.07 Å². The van der Waals surface area contributed by atoms with Crippen LogP contribution in [0.4, 0.5) is 0 Å². The molecule has 0 aliphatic rings. The zero-order valence-electron chi connectivity index (χ0n) is 10.1. The minimum atomic E-state index is 0.198. The predicted octanol–water partition coefficient (Wildman–Crippen LogP) is 1.80. The van der Waals surface area contributed by atoms with Crippen molar-refractivity contribution in [1.29, 1.82) is 5.26 Å². The first-order chi connectivity index (χ1) is 8.81. The van der Waals surface area contributed by atoms with E-state index in [-0.39, 0.29) is 6.61 Å². The fourth-order valence-electron chi connectivity index (χ4n) is 1.78. The molecule has 0 unspecified atom stereocenters. The summed E-state index contributed by atoms with van der Waals surface area (Å²) in [5.41, 5.74) is 2.84. The number of nitrogens with one attached hydrogen (secondary N) is 1. The van der Waals surface area contributed by atoms with Crippen molar-refractivity contribution in [3.63, 3.8) is 0 Å². The molecular weight excluding hydrogens is 226 g/mol. The van der Waals surface area contributed by atoms with Crippen LogP contribution >= 0.6 is 0 Å². The molecule has 0 saturated heterocycles. The topological polar surface area (TPSA) is 72.7 Å². The summed E-state index contributed by atoms with van der Waals surface area (Å²) in [6.07, 6.45) is 4.11. The fraction of sp³-hybridized carbons (Fsp3) is 0.286. The Hall–Kier alpha value is -2.12. The number of aromatic amines is 1. The molecule has 92 valence electrons. The first-order valence-corrected chi connectivity index (χ1v) is 5.94. The number of hydrogen-bond donors (Lipinski definition) is 2. The normalized spacial score (nSPS) is 10.2. The number of H-pyrrole nitrogens is 1. The first-order valence-electron chi connectivity index (χ1n) is 5.94. The van der Waals surface area contributed by atoms with E-state index in [1.165, 1.54) is 0 Å². The Balaban J connectivity index is 2.00. The molecule has 0 atom stereocenters. The first kappa shape index (κ1) is 12.3. The summed E-state index contributed by atoms with van der Waals surface area (Å²) in [7, 11) is 0. The predicted molar refractivity (Wildman–Crippen MR) is 68.0 cm³/mol. The van der Waals surface area contributed by atoms with Crippen LogP contribution in [0.2, 0.25) is 0 Å². The molecular formula is C14H15N3O. The van der Waals surface area contributed by atoms with Crippen LogP contribution in [0.1, 0.15) is 29.1 Å². The van der Waals surface area contributed by atoms with Crippen molar-refractivity contribution < 1.29 is 5.11 Å². The standard InChI is InChI=1S/C14H15N3O/c15-9-12-5-3-11(4-6-12)8-14-16-10-13(17-14)2-1-7-18/h3-6,10,18H,1-2,7-8H2,(H,16,17). The Morgan fingerprint density at radius 3 is 2.72 bits per heavy atom. The Morgan fingerprint density at radius 2 is 2.06 bits per heavy atom. The minimum absolute atomic E-state index is 0.198. The van der Waals surface area contributed by atoms with Crippen molar-refractivity contribution in [2.75, 3.05) is 6.61 Å². The molecule has 4 nitrogen and oxygen atoms in total. The van der Waals surface area contributed by atoms with Gasteiger partial charge in [0.05, 0.1) is 11.6 Å². The highest BCUT2D eigenvalue weighted by molar-refractivity contribution is 5.32. The number of aliphatic hydroxyl groups excluding tert-OH is 1. The average molecular weight is 241 g/mol. The summed E-state index contributed by atoms with van der Waals surface area (Å²) in [5, 5.41) is 17.5. The molecule has 0 radical (unpaired) electrons. The number of imidazole rings is 1. The second-order valence-corrected chi connectivity index (χ2v) is 4.17. The van der Waals surface area contributed by atoms with E-state index < -0.39 is 0 Å². The van der Waals surface area contributed by atoms with Gasteiger partial charge in [-0.15, -0.1) is 0 Å². The summed E-state index contributed by atoms with van der Waals surface area (Å²) in [6, 6.07) is 9.60. The lowest BCUT2D eigenvalue weighted by Gasteiger charge is -1.98. The van der Waals surface area contributed by atoms with Crippen LogP contribution in [0.15, 0.2) is 30.5 Å². The number of nitrogens with zero attached hydrogens (tertiary/aromatic N) is 2. The summed E-state index contributed by atoms with van der Waals surface area (Å²) in [4.78, 5) is 7.54. The van der Waals surface area contributed by atoms with Crippen molar-refractivity contribution in [2.24, 2.45) is 0 Å². The van der Waals surface area contributed by atoms with Crippen LogP contribution in [0.3, 0.4) is 0 Å². The number of nitriles is 1. The van der Waals surface area contributed by atoms with Gasteiger partial charge in [-0.2, -0.15) is 5.26 Å². The highest BCUT2D eigenvalue weighted by atomic mass is 16.2. The molecule has 1 heterocycles. The van der Waals surface area contributed by atoms with Crippen LogP contribution in [0.5, 0.6) is 0 Å². The maximum absolute atomic E-state index is 8.76. The van der Waals surface area contributed by atoms with E-state index in [1.807, 2.05) is 30.5 Å². The molecule has 2 N–H and O–H groups in total. The van der Waals surface area contributed by atoms with Gasteiger partial charge in [-0.25, -0.2) is 4.98 Å². The van der Waals surface area contributed by atoms with E-state index in [1.54, 1.807) is 0 Å². The van der Waals surface area contributed by atoms with Crippen molar-refractivity contribution in [2.45, 2.75) is 19.3 Å². The third kappa shape index (κ3) is 3.19. The summed E-state index contributed by atoms with van der Waals surface area (Å²) >= 11 is 0. The molecule has 0 saturated carbocycles. The fourth-order valence-corrected chi connectivity index (χ4v) is 1.78. The molecule has 2 rings (SSSR count). The van der Waals surface area contributed by atoms with Gasteiger partial charge in [0.25, 0.3) is 0 Å².